The lowest BCUT2D eigenvalue weighted by atomic mass is 10.1. The molecule has 7 heteroatoms. The highest BCUT2D eigenvalue weighted by Gasteiger charge is 2.21. The molecule has 3 rings (SSSR count). The quantitative estimate of drug-likeness (QED) is 0.766. The van der Waals surface area contributed by atoms with E-state index in [4.69, 9.17) is 0 Å². The Morgan fingerprint density at radius 2 is 1.92 bits per heavy atom. The minimum absolute atomic E-state index is 0.0737. The van der Waals surface area contributed by atoms with Gasteiger partial charge in [-0.15, -0.1) is 0 Å². The number of hydrogen-bond acceptors (Lipinski definition) is 5. The molecule has 1 amide bonds. The van der Waals surface area contributed by atoms with Crippen LogP contribution in [0.4, 0.5) is 5.95 Å². The number of hydrogen-bond donors (Lipinski definition) is 2. The molecule has 0 aliphatic rings. The summed E-state index contributed by atoms with van der Waals surface area (Å²) in [4.78, 5) is 32.9. The van der Waals surface area contributed by atoms with Crippen molar-refractivity contribution < 1.29 is 9.90 Å². The van der Waals surface area contributed by atoms with E-state index in [1.54, 1.807) is 30.3 Å². The van der Waals surface area contributed by atoms with Gasteiger partial charge in [0.1, 0.15) is 0 Å². The molecule has 0 saturated carbocycles. The van der Waals surface area contributed by atoms with Gasteiger partial charge in [-0.3, -0.25) is 14.9 Å². The zero-order chi connectivity index (χ0) is 17.1. The van der Waals surface area contributed by atoms with Gasteiger partial charge in [0.2, 0.25) is 5.95 Å². The summed E-state index contributed by atoms with van der Waals surface area (Å²) in [6, 6.07) is 8.60. The van der Waals surface area contributed by atoms with Gasteiger partial charge >= 0.3 is 0 Å². The summed E-state index contributed by atoms with van der Waals surface area (Å²) in [6.07, 6.45) is 3.70. The second kappa shape index (κ2) is 6.49. The second-order valence-electron chi connectivity index (χ2n) is 5.22. The van der Waals surface area contributed by atoms with Crippen LogP contribution >= 0.6 is 0 Å². The van der Waals surface area contributed by atoms with Crippen LogP contribution in [0.1, 0.15) is 23.7 Å². The van der Waals surface area contributed by atoms with Gasteiger partial charge in [0.05, 0.1) is 11.1 Å². The van der Waals surface area contributed by atoms with Crippen LogP contribution in [0.15, 0.2) is 47.5 Å². The van der Waals surface area contributed by atoms with Crippen LogP contribution < -0.4 is 10.9 Å². The first-order valence-electron chi connectivity index (χ1n) is 7.56. The number of carbonyl (C=O) groups is 1. The minimum Gasteiger partial charge on any atom is -0.502 e. The number of aryl methyl sites for hydroxylation is 1. The van der Waals surface area contributed by atoms with Gasteiger partial charge in [-0.05, 0) is 18.6 Å². The number of aromatic nitrogens is 3. The summed E-state index contributed by atoms with van der Waals surface area (Å²) < 4.78 is 1.47. The third-order valence-electron chi connectivity index (χ3n) is 3.61. The number of fused-ring (bicyclic) bond motifs is 1. The zero-order valence-electron chi connectivity index (χ0n) is 13.1. The standard InChI is InChI=1S/C17H16N4O3/c1-2-10-21-12-7-4-3-6-11(12)13(14(22)16(21)24)15(23)20-17-18-8-5-9-19-17/h3-9,22H,2,10H2,1H3,(H,18,19,20,23). The molecule has 122 valence electrons. The largest absolute Gasteiger partial charge is 0.502 e. The lowest BCUT2D eigenvalue weighted by Crippen LogP contribution is -2.25. The number of para-hydroxylation sites is 1. The van der Waals surface area contributed by atoms with E-state index in [-0.39, 0.29) is 11.5 Å². The number of carbonyl (C=O) groups excluding carboxylic acids is 1. The topological polar surface area (TPSA) is 97.1 Å². The van der Waals surface area contributed by atoms with E-state index in [0.29, 0.717) is 17.4 Å². The number of aromatic hydroxyl groups is 1. The number of pyridine rings is 1. The molecule has 0 bridgehead atoms. The molecule has 1 aromatic carbocycles. The van der Waals surface area contributed by atoms with Gasteiger partial charge in [-0.1, -0.05) is 25.1 Å². The van der Waals surface area contributed by atoms with E-state index >= 15 is 0 Å². The lowest BCUT2D eigenvalue weighted by Gasteiger charge is -2.14. The molecule has 2 aromatic heterocycles. The molecular formula is C17H16N4O3. The van der Waals surface area contributed by atoms with Crippen molar-refractivity contribution in [3.05, 3.63) is 58.6 Å². The zero-order valence-corrected chi connectivity index (χ0v) is 13.1. The van der Waals surface area contributed by atoms with Gasteiger partial charge < -0.3 is 9.67 Å². The number of anilines is 1. The Labute approximate surface area is 137 Å². The Hall–Kier alpha value is -3.22. The summed E-state index contributed by atoms with van der Waals surface area (Å²) in [5.74, 6) is -1.10. The van der Waals surface area contributed by atoms with E-state index in [2.05, 4.69) is 15.3 Å². The summed E-state index contributed by atoms with van der Waals surface area (Å²) in [7, 11) is 0. The summed E-state index contributed by atoms with van der Waals surface area (Å²) in [5, 5.41) is 13.3. The highest BCUT2D eigenvalue weighted by atomic mass is 16.3. The lowest BCUT2D eigenvalue weighted by molar-refractivity contribution is 0.102. The van der Waals surface area contributed by atoms with Crippen molar-refractivity contribution in [2.75, 3.05) is 5.32 Å². The number of rotatable bonds is 4. The number of amides is 1. The van der Waals surface area contributed by atoms with Gasteiger partial charge in [-0.25, -0.2) is 9.97 Å². The molecule has 0 unspecified atom stereocenters. The minimum atomic E-state index is -0.629. The molecule has 0 saturated heterocycles. The van der Waals surface area contributed by atoms with Crippen molar-refractivity contribution in [2.45, 2.75) is 19.9 Å². The first-order chi connectivity index (χ1) is 11.6. The maximum atomic E-state index is 12.6. The summed E-state index contributed by atoms with van der Waals surface area (Å²) in [5.41, 5.74) is -0.0635. The van der Waals surface area contributed by atoms with Crippen LogP contribution in [-0.2, 0) is 6.54 Å². The van der Waals surface area contributed by atoms with Crippen molar-refractivity contribution in [2.24, 2.45) is 0 Å². The molecule has 24 heavy (non-hydrogen) atoms. The maximum absolute atomic E-state index is 12.6. The predicted octanol–water partition coefficient (Wildman–Crippen LogP) is 2.16. The van der Waals surface area contributed by atoms with Crippen molar-refractivity contribution in [3.8, 4) is 5.75 Å². The van der Waals surface area contributed by atoms with E-state index < -0.39 is 17.2 Å². The fourth-order valence-electron chi connectivity index (χ4n) is 2.60. The van der Waals surface area contributed by atoms with E-state index in [9.17, 15) is 14.7 Å². The third kappa shape index (κ3) is 2.71. The second-order valence-corrected chi connectivity index (χ2v) is 5.22. The van der Waals surface area contributed by atoms with Crippen LogP contribution in [-0.4, -0.2) is 25.5 Å². The molecule has 0 aliphatic heterocycles. The Bertz CT molecular complexity index is 951. The average molecular weight is 324 g/mol. The smallest absolute Gasteiger partial charge is 0.293 e. The van der Waals surface area contributed by atoms with Crippen molar-refractivity contribution in [3.63, 3.8) is 0 Å². The van der Waals surface area contributed by atoms with Crippen LogP contribution in [0.3, 0.4) is 0 Å². The highest BCUT2D eigenvalue weighted by molar-refractivity contribution is 6.13. The fourth-order valence-corrected chi connectivity index (χ4v) is 2.60. The van der Waals surface area contributed by atoms with Crippen LogP contribution in [0.5, 0.6) is 5.75 Å². The van der Waals surface area contributed by atoms with Gasteiger partial charge in [0, 0.05) is 24.3 Å². The summed E-state index contributed by atoms with van der Waals surface area (Å²) >= 11 is 0. The van der Waals surface area contributed by atoms with Gasteiger partial charge in [-0.2, -0.15) is 0 Å². The monoisotopic (exact) mass is 324 g/mol. The maximum Gasteiger partial charge on any atom is 0.293 e. The van der Waals surface area contributed by atoms with E-state index in [1.165, 1.54) is 17.0 Å². The predicted molar refractivity (Wildman–Crippen MR) is 90.1 cm³/mol. The Morgan fingerprint density at radius 3 is 2.62 bits per heavy atom. The van der Waals surface area contributed by atoms with Gasteiger partial charge in [0.25, 0.3) is 11.5 Å². The van der Waals surface area contributed by atoms with Crippen molar-refractivity contribution >= 4 is 22.8 Å². The van der Waals surface area contributed by atoms with Crippen molar-refractivity contribution in [1.29, 1.82) is 0 Å². The molecule has 0 aliphatic carbocycles. The molecule has 0 radical (unpaired) electrons. The Balaban J connectivity index is 2.18. The number of nitrogens with zero attached hydrogens (tertiary/aromatic N) is 3. The van der Waals surface area contributed by atoms with Gasteiger partial charge in [0.15, 0.2) is 5.75 Å². The number of benzene rings is 1. The highest BCUT2D eigenvalue weighted by Crippen LogP contribution is 2.24. The van der Waals surface area contributed by atoms with E-state index in [0.717, 1.165) is 6.42 Å². The Kier molecular flexibility index (Phi) is 4.24. The molecule has 7 nitrogen and oxygen atoms in total. The van der Waals surface area contributed by atoms with Crippen LogP contribution in [0.25, 0.3) is 10.9 Å². The van der Waals surface area contributed by atoms with Crippen LogP contribution in [0, 0.1) is 0 Å². The number of nitrogens with one attached hydrogen (secondary N) is 1. The van der Waals surface area contributed by atoms with E-state index in [1.807, 2.05) is 6.92 Å². The molecule has 2 N–H and O–H groups in total. The average Bonchev–Trinajstić information content (AvgIpc) is 2.60. The Morgan fingerprint density at radius 1 is 1.21 bits per heavy atom. The first-order valence-corrected chi connectivity index (χ1v) is 7.56. The fraction of sp³-hybridized carbons (Fsp3) is 0.176. The third-order valence-corrected chi connectivity index (χ3v) is 3.61. The first kappa shape index (κ1) is 15.7. The molecule has 0 spiro atoms. The summed E-state index contributed by atoms with van der Waals surface area (Å²) in [6.45, 7) is 2.39. The molecule has 3 aromatic rings. The molecular weight excluding hydrogens is 308 g/mol. The van der Waals surface area contributed by atoms with Crippen LogP contribution in [0.2, 0.25) is 0 Å². The molecule has 0 fully saturated rings. The normalized spacial score (nSPS) is 10.7. The molecule has 2 heterocycles. The van der Waals surface area contributed by atoms with Crippen molar-refractivity contribution in [1.82, 2.24) is 14.5 Å². The SMILES string of the molecule is CCCn1c(=O)c(O)c(C(=O)Nc2ncccn2)c2ccccc21. The molecule has 0 atom stereocenters.